The highest BCUT2D eigenvalue weighted by Gasteiger charge is 2.19. The maximum Gasteiger partial charge on any atom is 0.271 e. The fourth-order valence-electron chi connectivity index (χ4n) is 1.20. The summed E-state index contributed by atoms with van der Waals surface area (Å²) >= 11 is 2.99. The summed E-state index contributed by atoms with van der Waals surface area (Å²) in [5, 5.41) is 28.7. The minimum atomic E-state index is -0.749. The van der Waals surface area contributed by atoms with E-state index in [1.165, 1.54) is 12.1 Å². The van der Waals surface area contributed by atoms with E-state index in [1.807, 2.05) is 6.07 Å². The first-order valence-electron chi connectivity index (χ1n) is 4.26. The number of phenolic OH excluding ortho intramolecular Hbond substituents is 1. The van der Waals surface area contributed by atoms with Crippen molar-refractivity contribution in [2.24, 2.45) is 5.73 Å². The molecule has 0 aliphatic rings. The molecule has 6 nitrogen and oxygen atoms in total. The third-order valence-electron chi connectivity index (χ3n) is 2.00. The van der Waals surface area contributed by atoms with Crippen LogP contribution in [0.5, 0.6) is 5.75 Å². The lowest BCUT2D eigenvalue weighted by atomic mass is 10.0. The van der Waals surface area contributed by atoms with Crippen LogP contribution in [0.3, 0.4) is 0 Å². The molecule has 0 amide bonds. The smallest absolute Gasteiger partial charge is 0.271 e. The third-order valence-corrected chi connectivity index (χ3v) is 2.60. The van der Waals surface area contributed by atoms with E-state index in [4.69, 9.17) is 11.0 Å². The number of nitriles is 1. The molecule has 1 aromatic carbocycles. The van der Waals surface area contributed by atoms with Crippen LogP contribution in [0.2, 0.25) is 0 Å². The van der Waals surface area contributed by atoms with E-state index in [0.717, 1.165) is 0 Å². The van der Waals surface area contributed by atoms with Gasteiger partial charge in [-0.25, -0.2) is 0 Å². The predicted octanol–water partition coefficient (Wildman–Crippen LogP) is 1.98. The highest BCUT2D eigenvalue weighted by Crippen LogP contribution is 2.35. The Morgan fingerprint density at radius 2 is 2.31 bits per heavy atom. The van der Waals surface area contributed by atoms with Gasteiger partial charge in [0, 0.05) is 23.7 Å². The molecule has 84 valence electrons. The molecular weight excluding hydrogens is 278 g/mol. The molecule has 0 radical (unpaired) electrons. The molecule has 1 rings (SSSR count). The summed E-state index contributed by atoms with van der Waals surface area (Å²) in [6.45, 7) is 0. The molecule has 7 heteroatoms. The summed E-state index contributed by atoms with van der Waals surface area (Å²) in [5.41, 5.74) is 5.61. The molecule has 0 aliphatic carbocycles. The number of non-ortho nitro benzene ring substituents is 1. The Hall–Kier alpha value is -1.65. The Morgan fingerprint density at radius 3 is 2.81 bits per heavy atom. The van der Waals surface area contributed by atoms with Crippen LogP contribution < -0.4 is 5.73 Å². The SMILES string of the molecule is N#CC[C@H](N)c1cc([N+](=O)[O-])cc(Br)c1O. The first-order chi connectivity index (χ1) is 7.47. The van der Waals surface area contributed by atoms with Gasteiger partial charge in [0.05, 0.1) is 21.9 Å². The quantitative estimate of drug-likeness (QED) is 0.651. The van der Waals surface area contributed by atoms with Gasteiger partial charge in [-0.1, -0.05) is 0 Å². The van der Waals surface area contributed by atoms with E-state index >= 15 is 0 Å². The number of phenols is 1. The summed E-state index contributed by atoms with van der Waals surface area (Å²) in [7, 11) is 0. The molecule has 1 atom stereocenters. The van der Waals surface area contributed by atoms with E-state index in [0.29, 0.717) is 0 Å². The third kappa shape index (κ3) is 2.48. The van der Waals surface area contributed by atoms with Gasteiger partial charge in [0.1, 0.15) is 5.75 Å². The Balaban J connectivity index is 3.27. The zero-order valence-corrected chi connectivity index (χ0v) is 9.64. The highest BCUT2D eigenvalue weighted by atomic mass is 79.9. The van der Waals surface area contributed by atoms with Gasteiger partial charge >= 0.3 is 0 Å². The van der Waals surface area contributed by atoms with Crippen LogP contribution in [-0.2, 0) is 0 Å². The summed E-state index contributed by atoms with van der Waals surface area (Å²) in [4.78, 5) is 10.0. The second kappa shape index (κ2) is 4.92. The topological polar surface area (TPSA) is 113 Å². The molecule has 0 saturated heterocycles. The zero-order valence-electron chi connectivity index (χ0n) is 8.05. The molecule has 0 aliphatic heterocycles. The van der Waals surface area contributed by atoms with Gasteiger partial charge in [-0.3, -0.25) is 10.1 Å². The summed E-state index contributed by atoms with van der Waals surface area (Å²) in [6, 6.07) is 3.44. The largest absolute Gasteiger partial charge is 0.506 e. The van der Waals surface area contributed by atoms with Crippen LogP contribution in [0, 0.1) is 21.4 Å². The van der Waals surface area contributed by atoms with Gasteiger partial charge in [-0.15, -0.1) is 0 Å². The van der Waals surface area contributed by atoms with Gasteiger partial charge in [-0.05, 0) is 15.9 Å². The molecule has 0 aromatic heterocycles. The molecule has 0 fully saturated rings. The van der Waals surface area contributed by atoms with E-state index in [-0.39, 0.29) is 27.9 Å². The average Bonchev–Trinajstić information content (AvgIpc) is 2.21. The second-order valence-electron chi connectivity index (χ2n) is 3.09. The minimum absolute atomic E-state index is 0.0266. The van der Waals surface area contributed by atoms with Crippen LogP contribution >= 0.6 is 15.9 Å². The first kappa shape index (κ1) is 12.4. The number of hydrogen-bond acceptors (Lipinski definition) is 5. The van der Waals surface area contributed by atoms with Crippen molar-refractivity contribution in [3.63, 3.8) is 0 Å². The van der Waals surface area contributed by atoms with Crippen molar-refractivity contribution in [1.29, 1.82) is 5.26 Å². The number of nitro groups is 1. The Labute approximate surface area is 99.6 Å². The number of nitrogens with zero attached hydrogens (tertiary/aromatic N) is 2. The lowest BCUT2D eigenvalue weighted by Gasteiger charge is -2.11. The Morgan fingerprint density at radius 1 is 1.69 bits per heavy atom. The van der Waals surface area contributed by atoms with Crippen molar-refractivity contribution >= 4 is 21.6 Å². The molecule has 0 spiro atoms. The molecule has 1 aromatic rings. The minimum Gasteiger partial charge on any atom is -0.506 e. The second-order valence-corrected chi connectivity index (χ2v) is 3.95. The van der Waals surface area contributed by atoms with Crippen molar-refractivity contribution in [3.05, 3.63) is 32.3 Å². The molecule has 0 bridgehead atoms. The number of hydrogen-bond donors (Lipinski definition) is 2. The summed E-state index contributed by atoms with van der Waals surface area (Å²) < 4.78 is 0.185. The van der Waals surface area contributed by atoms with E-state index in [2.05, 4.69) is 15.9 Å². The first-order valence-corrected chi connectivity index (χ1v) is 5.06. The Kier molecular flexibility index (Phi) is 3.82. The van der Waals surface area contributed by atoms with Crippen LogP contribution in [-0.4, -0.2) is 10.0 Å². The van der Waals surface area contributed by atoms with Gasteiger partial charge in [-0.2, -0.15) is 5.26 Å². The van der Waals surface area contributed by atoms with Gasteiger partial charge in [0.15, 0.2) is 0 Å². The standard InChI is InChI=1S/C9H8BrN3O3/c10-7-4-5(13(15)16)3-6(9(7)14)8(12)1-2-11/h3-4,8,14H,1,12H2/t8-/m0/s1. The maximum absolute atomic E-state index is 10.6. The predicted molar refractivity (Wildman–Crippen MR) is 59.6 cm³/mol. The number of nitrogens with two attached hydrogens (primary N) is 1. The van der Waals surface area contributed by atoms with Crippen molar-refractivity contribution in [2.75, 3.05) is 0 Å². The van der Waals surface area contributed by atoms with Crippen LogP contribution in [0.15, 0.2) is 16.6 Å². The molecular formula is C9H8BrN3O3. The monoisotopic (exact) mass is 285 g/mol. The molecule has 0 unspecified atom stereocenters. The Bertz CT molecular complexity index is 470. The normalized spacial score (nSPS) is 11.8. The zero-order chi connectivity index (χ0) is 12.3. The summed E-state index contributed by atoms with van der Waals surface area (Å²) in [5.74, 6) is -0.173. The fraction of sp³-hybridized carbons (Fsp3) is 0.222. The number of nitro benzene ring substituents is 1. The van der Waals surface area contributed by atoms with Crippen LogP contribution in [0.25, 0.3) is 0 Å². The van der Waals surface area contributed by atoms with Gasteiger partial charge in [0.2, 0.25) is 0 Å². The molecule has 0 saturated carbocycles. The van der Waals surface area contributed by atoms with E-state index in [9.17, 15) is 15.2 Å². The number of aromatic hydroxyl groups is 1. The number of benzene rings is 1. The lowest BCUT2D eigenvalue weighted by Crippen LogP contribution is -2.10. The molecule has 16 heavy (non-hydrogen) atoms. The number of halogens is 1. The lowest BCUT2D eigenvalue weighted by molar-refractivity contribution is -0.385. The fourth-order valence-corrected chi connectivity index (χ4v) is 1.67. The van der Waals surface area contributed by atoms with Crippen molar-refractivity contribution in [1.82, 2.24) is 0 Å². The van der Waals surface area contributed by atoms with Crippen molar-refractivity contribution < 1.29 is 10.0 Å². The van der Waals surface area contributed by atoms with Crippen molar-refractivity contribution in [2.45, 2.75) is 12.5 Å². The van der Waals surface area contributed by atoms with Crippen molar-refractivity contribution in [3.8, 4) is 11.8 Å². The van der Waals surface area contributed by atoms with E-state index < -0.39 is 11.0 Å². The van der Waals surface area contributed by atoms with Gasteiger partial charge in [0.25, 0.3) is 5.69 Å². The van der Waals surface area contributed by atoms with E-state index in [1.54, 1.807) is 0 Å². The highest BCUT2D eigenvalue weighted by molar-refractivity contribution is 9.10. The number of rotatable bonds is 3. The maximum atomic E-state index is 10.6. The van der Waals surface area contributed by atoms with Gasteiger partial charge < -0.3 is 10.8 Å². The summed E-state index contributed by atoms with van der Waals surface area (Å²) in [6.07, 6.45) is -0.0266. The molecule has 3 N–H and O–H groups in total. The molecule has 0 heterocycles. The van der Waals surface area contributed by atoms with Crippen LogP contribution in [0.1, 0.15) is 18.0 Å². The average molecular weight is 286 g/mol. The van der Waals surface area contributed by atoms with Crippen LogP contribution in [0.4, 0.5) is 5.69 Å².